The van der Waals surface area contributed by atoms with Crippen LogP contribution < -0.4 is 16.0 Å². The van der Waals surface area contributed by atoms with E-state index in [1.807, 2.05) is 32.7 Å². The molecule has 1 aromatic rings. The zero-order valence-corrected chi connectivity index (χ0v) is 11.7. The first-order valence-corrected chi connectivity index (χ1v) is 6.38. The van der Waals surface area contributed by atoms with Gasteiger partial charge in [-0.15, -0.1) is 0 Å². The van der Waals surface area contributed by atoms with Gasteiger partial charge in [0.15, 0.2) is 5.82 Å². The van der Waals surface area contributed by atoms with Crippen molar-refractivity contribution in [3.8, 4) is 0 Å². The van der Waals surface area contributed by atoms with E-state index < -0.39 is 0 Å². The highest BCUT2D eigenvalue weighted by Crippen LogP contribution is 2.26. The molecule has 0 aliphatic rings. The summed E-state index contributed by atoms with van der Waals surface area (Å²) in [5.74, 6) is 0.818. The fourth-order valence-electron chi connectivity index (χ4n) is 1.98. The molecule has 6 nitrogen and oxygen atoms in total. The Morgan fingerprint density at radius 1 is 1.44 bits per heavy atom. The van der Waals surface area contributed by atoms with Crippen LogP contribution in [0.2, 0.25) is 0 Å². The van der Waals surface area contributed by atoms with Crippen LogP contribution in [0.15, 0.2) is 0 Å². The van der Waals surface area contributed by atoms with Gasteiger partial charge in [-0.3, -0.25) is 9.48 Å². The number of aromatic nitrogens is 2. The largest absolute Gasteiger partial charge is 0.394 e. The highest BCUT2D eigenvalue weighted by molar-refractivity contribution is 5.82. The van der Waals surface area contributed by atoms with Gasteiger partial charge in [0.05, 0.1) is 17.9 Å². The number of aryl methyl sites for hydroxylation is 2. The fraction of sp³-hybridized carbons (Fsp3) is 0.667. The fourth-order valence-corrected chi connectivity index (χ4v) is 1.98. The molecule has 1 amide bonds. The highest BCUT2D eigenvalue weighted by Gasteiger charge is 2.19. The minimum atomic E-state index is -0.00185. The maximum Gasteiger partial charge on any atom is 0.239 e. The van der Waals surface area contributed by atoms with Crippen LogP contribution in [0.3, 0.4) is 0 Å². The Morgan fingerprint density at radius 3 is 2.56 bits per heavy atom. The number of hydrogen-bond acceptors (Lipinski definition) is 4. The van der Waals surface area contributed by atoms with Crippen molar-refractivity contribution in [1.29, 1.82) is 0 Å². The second-order valence-electron chi connectivity index (χ2n) is 4.13. The minimum absolute atomic E-state index is 0.00185. The number of nitrogens with two attached hydrogens (primary N) is 1. The number of nitrogen functional groups attached to an aromatic ring is 1. The van der Waals surface area contributed by atoms with Crippen LogP contribution >= 0.6 is 0 Å². The SMILES string of the molecule is CCNC(=O)CN(CC)c1c(N)c(CC)nn1C. The molecule has 0 saturated heterocycles. The molecule has 0 atom stereocenters. The number of likely N-dealkylation sites (N-methyl/N-ethyl adjacent to an activating group) is 2. The lowest BCUT2D eigenvalue weighted by Crippen LogP contribution is -2.38. The van der Waals surface area contributed by atoms with E-state index in [1.165, 1.54) is 0 Å². The number of nitrogens with zero attached hydrogens (tertiary/aromatic N) is 3. The van der Waals surface area contributed by atoms with Gasteiger partial charge in [-0.05, 0) is 20.3 Å². The molecule has 0 aromatic carbocycles. The van der Waals surface area contributed by atoms with Gasteiger partial charge < -0.3 is 16.0 Å². The standard InChI is InChI=1S/C12H23N5O/c1-5-9-11(13)12(16(4)15-9)17(7-3)8-10(18)14-6-2/h5-8,13H2,1-4H3,(H,14,18). The molecule has 1 rings (SSSR count). The summed E-state index contributed by atoms with van der Waals surface area (Å²) in [6.07, 6.45) is 0.790. The van der Waals surface area contributed by atoms with Crippen molar-refractivity contribution in [3.05, 3.63) is 5.69 Å². The average Bonchev–Trinajstić information content (AvgIpc) is 2.62. The third-order valence-corrected chi connectivity index (χ3v) is 2.85. The topological polar surface area (TPSA) is 76.2 Å². The molecule has 0 bridgehead atoms. The number of carbonyl (C=O) groups is 1. The van der Waals surface area contributed by atoms with E-state index in [4.69, 9.17) is 5.73 Å². The first kappa shape index (κ1) is 14.3. The molecule has 102 valence electrons. The molecule has 18 heavy (non-hydrogen) atoms. The summed E-state index contributed by atoms with van der Waals surface area (Å²) in [6.45, 7) is 7.57. The van der Waals surface area contributed by atoms with Gasteiger partial charge in [-0.1, -0.05) is 6.92 Å². The molecule has 0 aliphatic carbocycles. The smallest absolute Gasteiger partial charge is 0.239 e. The summed E-state index contributed by atoms with van der Waals surface area (Å²) >= 11 is 0. The first-order valence-electron chi connectivity index (χ1n) is 6.38. The summed E-state index contributed by atoms with van der Waals surface area (Å²) < 4.78 is 1.75. The zero-order chi connectivity index (χ0) is 13.7. The number of hydrogen-bond donors (Lipinski definition) is 2. The van der Waals surface area contributed by atoms with Crippen molar-refractivity contribution < 1.29 is 4.79 Å². The van der Waals surface area contributed by atoms with Crippen molar-refractivity contribution >= 4 is 17.4 Å². The molecule has 0 saturated carbocycles. The van der Waals surface area contributed by atoms with E-state index in [2.05, 4.69) is 10.4 Å². The Morgan fingerprint density at radius 2 is 2.11 bits per heavy atom. The first-order chi connectivity index (χ1) is 8.54. The van der Waals surface area contributed by atoms with Crippen LogP contribution in [0.1, 0.15) is 26.5 Å². The summed E-state index contributed by atoms with van der Waals surface area (Å²) in [5.41, 5.74) is 7.63. The molecule has 0 spiro atoms. The lowest BCUT2D eigenvalue weighted by molar-refractivity contribution is -0.119. The van der Waals surface area contributed by atoms with Crippen LogP contribution in [0, 0.1) is 0 Å². The number of nitrogens with one attached hydrogen (secondary N) is 1. The molecule has 0 aliphatic heterocycles. The minimum Gasteiger partial charge on any atom is -0.394 e. The molecule has 1 aromatic heterocycles. The summed E-state index contributed by atoms with van der Waals surface area (Å²) in [7, 11) is 1.85. The van der Waals surface area contributed by atoms with Crippen LogP contribution in [-0.2, 0) is 18.3 Å². The van der Waals surface area contributed by atoms with Crippen molar-refractivity contribution in [1.82, 2.24) is 15.1 Å². The van der Waals surface area contributed by atoms with E-state index in [1.54, 1.807) is 4.68 Å². The third kappa shape index (κ3) is 2.94. The molecular formula is C12H23N5O. The number of anilines is 2. The average molecular weight is 253 g/mol. The highest BCUT2D eigenvalue weighted by atomic mass is 16.2. The van der Waals surface area contributed by atoms with Crippen molar-refractivity contribution in [2.45, 2.75) is 27.2 Å². The Labute approximate surface area is 108 Å². The molecule has 1 heterocycles. The molecule has 6 heteroatoms. The Bertz CT molecular complexity index is 413. The van der Waals surface area contributed by atoms with Crippen LogP contribution in [0.5, 0.6) is 0 Å². The van der Waals surface area contributed by atoms with Gasteiger partial charge in [0, 0.05) is 20.1 Å². The third-order valence-electron chi connectivity index (χ3n) is 2.85. The monoisotopic (exact) mass is 253 g/mol. The second-order valence-corrected chi connectivity index (χ2v) is 4.13. The van der Waals surface area contributed by atoms with Crippen LogP contribution in [-0.4, -0.2) is 35.3 Å². The number of amides is 1. The van der Waals surface area contributed by atoms with Gasteiger partial charge in [0.25, 0.3) is 0 Å². The summed E-state index contributed by atoms with van der Waals surface area (Å²) in [6, 6.07) is 0. The van der Waals surface area contributed by atoms with Crippen LogP contribution in [0.25, 0.3) is 0 Å². The molecule has 0 unspecified atom stereocenters. The Kier molecular flexibility index (Phi) is 5.00. The zero-order valence-electron chi connectivity index (χ0n) is 11.7. The van der Waals surface area contributed by atoms with Crippen molar-refractivity contribution in [2.24, 2.45) is 7.05 Å². The van der Waals surface area contributed by atoms with E-state index in [9.17, 15) is 4.79 Å². The molecule has 0 fully saturated rings. The lowest BCUT2D eigenvalue weighted by atomic mass is 10.3. The summed E-state index contributed by atoms with van der Waals surface area (Å²) in [5, 5.41) is 7.16. The van der Waals surface area contributed by atoms with Gasteiger partial charge in [-0.2, -0.15) is 5.10 Å². The summed E-state index contributed by atoms with van der Waals surface area (Å²) in [4.78, 5) is 13.6. The van der Waals surface area contributed by atoms with Crippen LogP contribution in [0.4, 0.5) is 11.5 Å². The van der Waals surface area contributed by atoms with Gasteiger partial charge in [0.2, 0.25) is 5.91 Å². The Hall–Kier alpha value is -1.72. The van der Waals surface area contributed by atoms with E-state index in [0.29, 0.717) is 25.3 Å². The van der Waals surface area contributed by atoms with Crippen molar-refractivity contribution in [3.63, 3.8) is 0 Å². The van der Waals surface area contributed by atoms with Gasteiger partial charge in [-0.25, -0.2) is 0 Å². The quantitative estimate of drug-likeness (QED) is 0.775. The van der Waals surface area contributed by atoms with Gasteiger partial charge >= 0.3 is 0 Å². The number of carbonyl (C=O) groups excluding carboxylic acids is 1. The molecular weight excluding hydrogens is 230 g/mol. The van der Waals surface area contributed by atoms with Gasteiger partial charge in [0.1, 0.15) is 0 Å². The normalized spacial score (nSPS) is 10.4. The second kappa shape index (κ2) is 6.28. The van der Waals surface area contributed by atoms with E-state index >= 15 is 0 Å². The van der Waals surface area contributed by atoms with E-state index in [0.717, 1.165) is 17.9 Å². The Balaban J connectivity index is 2.94. The predicted molar refractivity (Wildman–Crippen MR) is 73.6 cm³/mol. The number of rotatable bonds is 6. The molecule has 3 N–H and O–H groups in total. The maximum atomic E-state index is 11.7. The van der Waals surface area contributed by atoms with Crippen molar-refractivity contribution in [2.75, 3.05) is 30.3 Å². The lowest BCUT2D eigenvalue weighted by Gasteiger charge is -2.22. The predicted octanol–water partition coefficient (Wildman–Crippen LogP) is 0.527. The van der Waals surface area contributed by atoms with E-state index in [-0.39, 0.29) is 5.91 Å². The maximum absolute atomic E-state index is 11.7. The molecule has 0 radical (unpaired) electrons.